The molecule has 5 heteroatoms. The number of hydrogen-bond donors (Lipinski definition) is 1. The molecule has 1 amide bonds. The zero-order chi connectivity index (χ0) is 20.6. The van der Waals surface area contributed by atoms with E-state index in [0.717, 1.165) is 23.2 Å². The van der Waals surface area contributed by atoms with Gasteiger partial charge in [0.1, 0.15) is 0 Å². The zero-order valence-corrected chi connectivity index (χ0v) is 17.7. The summed E-state index contributed by atoms with van der Waals surface area (Å²) in [6, 6.07) is 20.3. The lowest BCUT2D eigenvalue weighted by molar-refractivity contribution is -0.121. The maximum absolute atomic E-state index is 12.2. The van der Waals surface area contributed by atoms with E-state index in [1.54, 1.807) is 6.07 Å². The van der Waals surface area contributed by atoms with Crippen molar-refractivity contribution in [1.29, 1.82) is 0 Å². The molecule has 1 aromatic heterocycles. The Bertz CT molecular complexity index is 947. The van der Waals surface area contributed by atoms with Crippen molar-refractivity contribution in [2.24, 2.45) is 0 Å². The fourth-order valence-corrected chi connectivity index (χ4v) is 3.88. The molecule has 0 radical (unpaired) electrons. The summed E-state index contributed by atoms with van der Waals surface area (Å²) in [5.74, 6) is -0.0839. The lowest BCUT2D eigenvalue weighted by Gasteiger charge is -2.13. The van der Waals surface area contributed by atoms with Crippen LogP contribution >= 0.6 is 11.3 Å². The Morgan fingerprint density at radius 2 is 1.69 bits per heavy atom. The molecule has 1 N–H and O–H groups in total. The van der Waals surface area contributed by atoms with Crippen molar-refractivity contribution in [2.75, 3.05) is 14.1 Å². The number of hydrogen-bond acceptors (Lipinski definition) is 4. The third-order valence-corrected chi connectivity index (χ3v) is 5.54. The molecule has 0 atom stereocenters. The first-order chi connectivity index (χ1) is 14.0. The molecule has 4 nitrogen and oxygen atoms in total. The molecule has 0 aliphatic rings. The van der Waals surface area contributed by atoms with E-state index < -0.39 is 0 Å². The average molecular weight is 407 g/mol. The normalized spacial score (nSPS) is 10.9. The highest BCUT2D eigenvalue weighted by Crippen LogP contribution is 2.24. The van der Waals surface area contributed by atoms with Gasteiger partial charge in [-0.25, -0.2) is 0 Å². The van der Waals surface area contributed by atoms with Gasteiger partial charge in [0, 0.05) is 25.9 Å². The first kappa shape index (κ1) is 21.0. The van der Waals surface area contributed by atoms with Crippen molar-refractivity contribution in [3.05, 3.63) is 82.0 Å². The van der Waals surface area contributed by atoms with Gasteiger partial charge in [-0.15, -0.1) is 11.3 Å². The van der Waals surface area contributed by atoms with Gasteiger partial charge in [0.15, 0.2) is 5.78 Å². The minimum Gasteiger partial charge on any atom is -0.352 e. The summed E-state index contributed by atoms with van der Waals surface area (Å²) in [5, 5.41) is 4.83. The Morgan fingerprint density at radius 1 is 0.931 bits per heavy atom. The van der Waals surface area contributed by atoms with E-state index in [2.05, 4.69) is 54.6 Å². The quantitative estimate of drug-likeness (QED) is 0.522. The number of thiophene rings is 1. The summed E-state index contributed by atoms with van der Waals surface area (Å²) < 4.78 is 0. The number of carbonyl (C=O) groups is 2. The standard InChI is InChI=1S/C24H26N2O2S/c1-26(2)17-18-9-11-19(12-10-18)21-7-4-3-6-20(21)16-25-24(28)14-13-22(27)23-8-5-15-29-23/h3-12,15H,13-14,16-17H2,1-2H3,(H,25,28). The molecule has 0 aliphatic heterocycles. The van der Waals surface area contributed by atoms with Crippen molar-refractivity contribution in [2.45, 2.75) is 25.9 Å². The van der Waals surface area contributed by atoms with Gasteiger partial charge in [0.05, 0.1) is 4.88 Å². The molecule has 0 fully saturated rings. The molecule has 3 rings (SSSR count). The van der Waals surface area contributed by atoms with Gasteiger partial charge in [-0.3, -0.25) is 9.59 Å². The van der Waals surface area contributed by atoms with E-state index in [1.165, 1.54) is 16.9 Å². The van der Waals surface area contributed by atoms with Gasteiger partial charge in [0.25, 0.3) is 0 Å². The molecule has 2 aromatic carbocycles. The average Bonchev–Trinajstić information content (AvgIpc) is 3.26. The number of benzene rings is 2. The Balaban J connectivity index is 1.59. The van der Waals surface area contributed by atoms with Gasteiger partial charge >= 0.3 is 0 Å². The first-order valence-electron chi connectivity index (χ1n) is 9.68. The SMILES string of the molecule is CN(C)Cc1ccc(-c2ccccc2CNC(=O)CCC(=O)c2cccs2)cc1. The predicted octanol–water partition coefficient (Wildman–Crippen LogP) is 4.76. The van der Waals surface area contributed by atoms with Gasteiger partial charge in [-0.2, -0.15) is 0 Å². The molecule has 150 valence electrons. The third kappa shape index (κ3) is 6.11. The fourth-order valence-electron chi connectivity index (χ4n) is 3.18. The van der Waals surface area contributed by atoms with Crippen molar-refractivity contribution in [3.63, 3.8) is 0 Å². The second-order valence-electron chi connectivity index (χ2n) is 7.27. The molecule has 1 heterocycles. The van der Waals surface area contributed by atoms with Gasteiger partial charge in [-0.1, -0.05) is 54.6 Å². The fraction of sp³-hybridized carbons (Fsp3) is 0.250. The number of rotatable bonds is 9. The largest absolute Gasteiger partial charge is 0.352 e. The predicted molar refractivity (Wildman–Crippen MR) is 119 cm³/mol. The van der Waals surface area contributed by atoms with Crippen LogP contribution in [0, 0.1) is 0 Å². The van der Waals surface area contributed by atoms with E-state index in [4.69, 9.17) is 0 Å². The monoisotopic (exact) mass is 406 g/mol. The number of Topliss-reactive ketones (excluding diaryl/α,β-unsaturated/α-hetero) is 1. The molecule has 0 aliphatic carbocycles. The van der Waals surface area contributed by atoms with Crippen LogP contribution in [0.4, 0.5) is 0 Å². The van der Waals surface area contributed by atoms with E-state index >= 15 is 0 Å². The minimum absolute atomic E-state index is 0.0216. The number of nitrogens with zero attached hydrogens (tertiary/aromatic N) is 1. The van der Waals surface area contributed by atoms with Crippen LogP contribution in [0.25, 0.3) is 11.1 Å². The van der Waals surface area contributed by atoms with Crippen molar-refractivity contribution in [3.8, 4) is 11.1 Å². The molecule has 0 spiro atoms. The van der Waals surface area contributed by atoms with Crippen molar-refractivity contribution < 1.29 is 9.59 Å². The molecule has 0 saturated carbocycles. The lowest BCUT2D eigenvalue weighted by Crippen LogP contribution is -2.23. The topological polar surface area (TPSA) is 49.4 Å². The molecule has 0 saturated heterocycles. The van der Waals surface area contributed by atoms with Crippen LogP contribution in [0.3, 0.4) is 0 Å². The Kier molecular flexibility index (Phi) is 7.33. The summed E-state index contributed by atoms with van der Waals surface area (Å²) in [6.45, 7) is 1.35. The van der Waals surface area contributed by atoms with Gasteiger partial charge < -0.3 is 10.2 Å². The minimum atomic E-state index is -0.106. The molecule has 3 aromatic rings. The molecular weight excluding hydrogens is 380 g/mol. The van der Waals surface area contributed by atoms with Crippen LogP contribution in [0.5, 0.6) is 0 Å². The highest BCUT2D eigenvalue weighted by Gasteiger charge is 2.11. The number of ketones is 1. The van der Waals surface area contributed by atoms with Crippen LogP contribution in [-0.2, 0) is 17.9 Å². The van der Waals surface area contributed by atoms with Crippen molar-refractivity contribution >= 4 is 23.0 Å². The Hall–Kier alpha value is -2.76. The summed E-state index contributed by atoms with van der Waals surface area (Å²) >= 11 is 1.41. The van der Waals surface area contributed by atoms with E-state index in [9.17, 15) is 9.59 Å². The lowest BCUT2D eigenvalue weighted by atomic mass is 9.98. The smallest absolute Gasteiger partial charge is 0.220 e. The second kappa shape index (κ2) is 10.1. The molecule has 0 bridgehead atoms. The Morgan fingerprint density at radius 3 is 2.38 bits per heavy atom. The van der Waals surface area contributed by atoms with Crippen LogP contribution < -0.4 is 5.32 Å². The summed E-state index contributed by atoms with van der Waals surface area (Å²) in [5.41, 5.74) is 4.56. The third-order valence-electron chi connectivity index (χ3n) is 4.63. The van der Waals surface area contributed by atoms with E-state index in [0.29, 0.717) is 11.4 Å². The highest BCUT2D eigenvalue weighted by molar-refractivity contribution is 7.12. The molecule has 0 unspecified atom stereocenters. The van der Waals surface area contributed by atoms with Crippen LogP contribution in [0.2, 0.25) is 0 Å². The maximum atomic E-state index is 12.2. The molecular formula is C24H26N2O2S. The summed E-state index contributed by atoms with van der Waals surface area (Å²) in [4.78, 5) is 27.1. The zero-order valence-electron chi connectivity index (χ0n) is 16.9. The number of amides is 1. The van der Waals surface area contributed by atoms with Crippen LogP contribution in [0.1, 0.15) is 33.6 Å². The summed E-state index contributed by atoms with van der Waals surface area (Å²) in [7, 11) is 4.11. The Labute approximate surface area is 176 Å². The van der Waals surface area contributed by atoms with Crippen LogP contribution in [-0.4, -0.2) is 30.7 Å². The number of carbonyl (C=O) groups excluding carboxylic acids is 2. The van der Waals surface area contributed by atoms with Gasteiger partial charge in [-0.05, 0) is 47.8 Å². The van der Waals surface area contributed by atoms with Gasteiger partial charge in [0.2, 0.25) is 5.91 Å². The van der Waals surface area contributed by atoms with Crippen molar-refractivity contribution in [1.82, 2.24) is 10.2 Å². The highest BCUT2D eigenvalue weighted by atomic mass is 32.1. The summed E-state index contributed by atoms with van der Waals surface area (Å²) in [6.07, 6.45) is 0.444. The maximum Gasteiger partial charge on any atom is 0.220 e. The second-order valence-corrected chi connectivity index (χ2v) is 8.22. The first-order valence-corrected chi connectivity index (χ1v) is 10.6. The van der Waals surface area contributed by atoms with E-state index in [-0.39, 0.29) is 24.5 Å². The molecule has 29 heavy (non-hydrogen) atoms. The number of nitrogens with one attached hydrogen (secondary N) is 1. The van der Waals surface area contributed by atoms with E-state index in [1.807, 2.05) is 29.6 Å². The van der Waals surface area contributed by atoms with Crippen LogP contribution in [0.15, 0.2) is 66.0 Å².